The van der Waals surface area contributed by atoms with Crippen LogP contribution in [-0.4, -0.2) is 50.1 Å². The molecular formula is C27H37F2N5OS. The molecular weight excluding hydrogens is 480 g/mol. The molecule has 2 aromatic rings. The van der Waals surface area contributed by atoms with Crippen LogP contribution in [0.3, 0.4) is 0 Å². The van der Waals surface area contributed by atoms with Crippen molar-refractivity contribution in [1.29, 1.82) is 0 Å². The van der Waals surface area contributed by atoms with Crippen molar-refractivity contribution in [3.63, 3.8) is 0 Å². The predicted octanol–water partition coefficient (Wildman–Crippen LogP) is 5.77. The first-order valence-corrected chi connectivity index (χ1v) is 14.7. The number of carbonyl (C=O) groups excluding carboxylic acids is 1. The van der Waals surface area contributed by atoms with Crippen molar-refractivity contribution in [1.82, 2.24) is 25.0 Å². The fourth-order valence-electron chi connectivity index (χ4n) is 6.94. The number of rotatable bonds is 8. The van der Waals surface area contributed by atoms with Gasteiger partial charge in [-0.2, -0.15) is 11.3 Å². The van der Waals surface area contributed by atoms with Gasteiger partial charge < -0.3 is 9.88 Å². The van der Waals surface area contributed by atoms with E-state index in [0.29, 0.717) is 24.0 Å². The van der Waals surface area contributed by atoms with E-state index in [0.717, 1.165) is 37.2 Å². The molecule has 1 amide bonds. The van der Waals surface area contributed by atoms with Crippen LogP contribution in [0.4, 0.5) is 8.78 Å². The zero-order valence-electron chi connectivity index (χ0n) is 21.0. The molecule has 0 aromatic carbocycles. The normalized spacial score (nSPS) is 29.4. The number of amides is 1. The molecule has 2 aliphatic carbocycles. The Morgan fingerprint density at radius 2 is 1.83 bits per heavy atom. The zero-order valence-corrected chi connectivity index (χ0v) is 21.9. The fourth-order valence-corrected chi connectivity index (χ4v) is 7.66. The zero-order chi connectivity index (χ0) is 24.9. The van der Waals surface area contributed by atoms with Crippen molar-refractivity contribution < 1.29 is 13.6 Å². The Bertz CT molecular complexity index is 1040. The predicted molar refractivity (Wildman–Crippen MR) is 135 cm³/mol. The van der Waals surface area contributed by atoms with Gasteiger partial charge in [0.05, 0.1) is 6.04 Å². The largest absolute Gasteiger partial charge is 0.349 e. The summed E-state index contributed by atoms with van der Waals surface area (Å²) in [5.41, 5.74) is 1.13. The highest BCUT2D eigenvalue weighted by Gasteiger charge is 2.43. The third-order valence-corrected chi connectivity index (χ3v) is 9.79. The molecule has 4 fully saturated rings. The van der Waals surface area contributed by atoms with Gasteiger partial charge in [0.15, 0.2) is 0 Å². The number of thiophene rings is 1. The van der Waals surface area contributed by atoms with Crippen LogP contribution >= 0.6 is 11.3 Å². The Hall–Kier alpha value is -1.87. The van der Waals surface area contributed by atoms with Gasteiger partial charge in [0.1, 0.15) is 11.6 Å². The average molecular weight is 518 g/mol. The number of carbonyl (C=O) groups is 1. The first-order chi connectivity index (χ1) is 17.4. The molecule has 6 nitrogen and oxygen atoms in total. The quantitative estimate of drug-likeness (QED) is 0.483. The third-order valence-electron chi connectivity index (χ3n) is 9.09. The maximum Gasteiger partial charge on any atom is 0.248 e. The van der Waals surface area contributed by atoms with Gasteiger partial charge in [-0.05, 0) is 87.1 Å². The van der Waals surface area contributed by atoms with Gasteiger partial charge in [0, 0.05) is 49.3 Å². The lowest BCUT2D eigenvalue weighted by molar-refractivity contribution is -0.130. The molecule has 2 saturated heterocycles. The van der Waals surface area contributed by atoms with Crippen LogP contribution in [0, 0.1) is 12.8 Å². The van der Waals surface area contributed by atoms with E-state index >= 15 is 0 Å². The number of halogens is 2. The maximum atomic E-state index is 13.6. The monoisotopic (exact) mass is 517 g/mol. The van der Waals surface area contributed by atoms with E-state index in [4.69, 9.17) is 0 Å². The van der Waals surface area contributed by atoms with E-state index in [1.54, 1.807) is 11.3 Å². The van der Waals surface area contributed by atoms with Crippen LogP contribution in [0.25, 0.3) is 0 Å². The maximum absolute atomic E-state index is 13.6. The van der Waals surface area contributed by atoms with Crippen molar-refractivity contribution in [3.8, 4) is 0 Å². The van der Waals surface area contributed by atoms with E-state index in [-0.39, 0.29) is 43.6 Å². The number of piperidine rings is 1. The lowest BCUT2D eigenvalue weighted by Crippen LogP contribution is -2.45. The molecule has 4 atom stereocenters. The molecule has 2 aliphatic heterocycles. The minimum atomic E-state index is -2.61. The minimum absolute atomic E-state index is 0.0564. The average Bonchev–Trinajstić information content (AvgIpc) is 3.30. The molecule has 9 heteroatoms. The molecule has 4 aliphatic rings. The van der Waals surface area contributed by atoms with Gasteiger partial charge >= 0.3 is 0 Å². The van der Waals surface area contributed by atoms with Gasteiger partial charge in [-0.3, -0.25) is 9.69 Å². The highest BCUT2D eigenvalue weighted by molar-refractivity contribution is 7.08. The molecule has 0 radical (unpaired) electrons. The first kappa shape index (κ1) is 24.5. The molecule has 4 heterocycles. The van der Waals surface area contributed by atoms with E-state index in [2.05, 4.69) is 43.4 Å². The van der Waals surface area contributed by atoms with Gasteiger partial charge in [-0.15, -0.1) is 10.2 Å². The van der Waals surface area contributed by atoms with Crippen LogP contribution in [0.2, 0.25) is 0 Å². The molecule has 1 unspecified atom stereocenters. The van der Waals surface area contributed by atoms with E-state index in [1.165, 1.54) is 31.5 Å². The second-order valence-corrected chi connectivity index (χ2v) is 12.3. The lowest BCUT2D eigenvalue weighted by Gasteiger charge is -2.40. The van der Waals surface area contributed by atoms with Crippen molar-refractivity contribution in [2.24, 2.45) is 5.92 Å². The van der Waals surface area contributed by atoms with Gasteiger partial charge in [0.2, 0.25) is 11.8 Å². The molecule has 196 valence electrons. The highest BCUT2D eigenvalue weighted by Crippen LogP contribution is 2.45. The summed E-state index contributed by atoms with van der Waals surface area (Å²) in [6.45, 7) is 3.04. The number of hydrogen-bond donors (Lipinski definition) is 1. The Balaban J connectivity index is 1.09. The number of nitrogens with one attached hydrogen (secondary N) is 1. The van der Waals surface area contributed by atoms with Crippen LogP contribution in [0.15, 0.2) is 16.8 Å². The molecule has 6 rings (SSSR count). The summed E-state index contributed by atoms with van der Waals surface area (Å²) in [7, 11) is 0. The highest BCUT2D eigenvalue weighted by atomic mass is 32.1. The fraction of sp³-hybridized carbons (Fsp3) is 0.741. The number of fused-ring (bicyclic) bond motifs is 2. The SMILES string of the molecule is Cc1nnc(C2CC2)n1C1C[C@H]2CC[C@@H](C1)N2CC[C@H](NC(=O)C1CCC(F)(F)CC1)c1ccsc1. The smallest absolute Gasteiger partial charge is 0.248 e. The summed E-state index contributed by atoms with van der Waals surface area (Å²) in [6, 6.07) is 3.62. The Morgan fingerprint density at radius 3 is 2.47 bits per heavy atom. The van der Waals surface area contributed by atoms with E-state index in [1.807, 2.05) is 5.38 Å². The van der Waals surface area contributed by atoms with E-state index < -0.39 is 5.92 Å². The summed E-state index contributed by atoms with van der Waals surface area (Å²) in [6.07, 6.45) is 8.26. The molecule has 1 N–H and O–H groups in total. The van der Waals surface area contributed by atoms with E-state index in [9.17, 15) is 13.6 Å². The molecule has 2 aromatic heterocycles. The number of aryl methyl sites for hydroxylation is 1. The van der Waals surface area contributed by atoms with Gasteiger partial charge in [-0.25, -0.2) is 8.78 Å². The standard InChI is InChI=1S/C27H37F2N5OS/c1-17-31-32-25(18-2-3-18)34(17)23-14-21-4-5-22(15-23)33(21)12-8-24(20-9-13-36-16-20)30-26(35)19-6-10-27(28,29)11-7-19/h9,13,16,18-19,21-24H,2-8,10-12,14-15H2,1H3,(H,30,35)/t21-,22+,23?,24-/m0/s1. The minimum Gasteiger partial charge on any atom is -0.349 e. The Morgan fingerprint density at radius 1 is 1.11 bits per heavy atom. The summed E-state index contributed by atoms with van der Waals surface area (Å²) >= 11 is 1.64. The number of hydrogen-bond acceptors (Lipinski definition) is 5. The van der Waals surface area contributed by atoms with Gasteiger partial charge in [-0.1, -0.05) is 0 Å². The van der Waals surface area contributed by atoms with Crippen LogP contribution in [-0.2, 0) is 4.79 Å². The third kappa shape index (κ3) is 4.97. The van der Waals surface area contributed by atoms with Crippen LogP contribution < -0.4 is 5.32 Å². The second kappa shape index (κ2) is 9.78. The summed E-state index contributed by atoms with van der Waals surface area (Å²) in [5, 5.41) is 16.3. The van der Waals surface area contributed by atoms with Crippen molar-refractivity contribution >= 4 is 17.2 Å². The summed E-state index contributed by atoms with van der Waals surface area (Å²) in [4.78, 5) is 15.7. The van der Waals surface area contributed by atoms with Crippen LogP contribution in [0.5, 0.6) is 0 Å². The molecule has 36 heavy (non-hydrogen) atoms. The van der Waals surface area contributed by atoms with Crippen molar-refractivity contribution in [2.75, 3.05) is 6.54 Å². The molecule has 2 bridgehead atoms. The lowest BCUT2D eigenvalue weighted by atomic mass is 9.86. The Labute approximate surface area is 215 Å². The Kier molecular flexibility index (Phi) is 6.65. The summed E-state index contributed by atoms with van der Waals surface area (Å²) in [5.74, 6) is -0.113. The number of alkyl halides is 2. The van der Waals surface area contributed by atoms with Gasteiger partial charge in [0.25, 0.3) is 0 Å². The van der Waals surface area contributed by atoms with Crippen molar-refractivity contribution in [3.05, 3.63) is 34.0 Å². The second-order valence-electron chi connectivity index (χ2n) is 11.5. The number of aromatic nitrogens is 3. The first-order valence-electron chi connectivity index (χ1n) is 13.8. The topological polar surface area (TPSA) is 63.1 Å². The van der Waals surface area contributed by atoms with Crippen molar-refractivity contribution in [2.45, 2.75) is 114 Å². The number of nitrogens with zero attached hydrogens (tertiary/aromatic N) is 4. The molecule has 0 spiro atoms. The van der Waals surface area contributed by atoms with Crippen LogP contribution in [0.1, 0.15) is 106 Å². The molecule has 2 saturated carbocycles. The summed E-state index contributed by atoms with van der Waals surface area (Å²) < 4.78 is 29.6.